The maximum Gasteiger partial charge on any atom is 0.237 e. The first-order chi connectivity index (χ1) is 9.58. The van der Waals surface area contributed by atoms with Crippen LogP contribution < -0.4 is 0 Å². The Balaban J connectivity index is 1.65. The molecule has 2 bridgehead atoms. The van der Waals surface area contributed by atoms with Crippen molar-refractivity contribution in [3.8, 4) is 0 Å². The van der Waals surface area contributed by atoms with E-state index in [9.17, 15) is 9.18 Å². The molecule has 0 aromatic heterocycles. The van der Waals surface area contributed by atoms with E-state index in [2.05, 4.69) is 20.2 Å². The van der Waals surface area contributed by atoms with E-state index in [1.54, 1.807) is 18.0 Å². The molecule has 2 fully saturated rings. The van der Waals surface area contributed by atoms with Gasteiger partial charge in [0.05, 0.1) is 4.47 Å². The molecule has 3 nitrogen and oxygen atoms in total. The molecule has 2 saturated heterocycles. The molecule has 2 heterocycles. The molecule has 1 amide bonds. The molecule has 1 aromatic rings. The number of nitrogens with zero attached hydrogens (tertiary/aromatic N) is 2. The van der Waals surface area contributed by atoms with E-state index in [1.807, 2.05) is 11.0 Å². The van der Waals surface area contributed by atoms with E-state index in [1.165, 1.54) is 6.07 Å². The zero-order valence-electron chi connectivity index (χ0n) is 10.6. The van der Waals surface area contributed by atoms with Gasteiger partial charge in [0, 0.05) is 30.1 Å². The molecule has 0 aliphatic carbocycles. The summed E-state index contributed by atoms with van der Waals surface area (Å²) in [5.41, 5.74) is 0. The van der Waals surface area contributed by atoms with Gasteiger partial charge in [0.1, 0.15) is 11.7 Å². The second-order valence-corrected chi connectivity index (χ2v) is 7.23. The molecule has 108 valence electrons. The molecular weight excluding hydrogens is 367 g/mol. The Morgan fingerprint density at radius 2 is 2.25 bits per heavy atom. The zero-order chi connectivity index (χ0) is 14.3. The third kappa shape index (κ3) is 2.71. The molecular formula is C13H13BrClFN2OS. The van der Waals surface area contributed by atoms with Crippen molar-refractivity contribution in [3.63, 3.8) is 0 Å². The lowest BCUT2D eigenvalue weighted by molar-refractivity contribution is -0.130. The van der Waals surface area contributed by atoms with Gasteiger partial charge < -0.3 is 4.90 Å². The fraction of sp³-hybridized carbons (Fsp3) is 0.462. The van der Waals surface area contributed by atoms with Crippen LogP contribution in [0.3, 0.4) is 0 Å². The minimum atomic E-state index is -0.252. The summed E-state index contributed by atoms with van der Waals surface area (Å²) in [5.74, 6) is -0.189. The first-order valence-corrected chi connectivity index (χ1v) is 8.43. The van der Waals surface area contributed by atoms with Gasteiger partial charge in [-0.2, -0.15) is 0 Å². The number of amides is 1. The Morgan fingerprint density at radius 3 is 2.85 bits per heavy atom. The number of hydrogen-bond donors (Lipinski definition) is 0. The third-order valence-corrected chi connectivity index (χ3v) is 5.76. The summed E-state index contributed by atoms with van der Waals surface area (Å²) in [6.07, 6.45) is 0.981. The van der Waals surface area contributed by atoms with Gasteiger partial charge >= 0.3 is 0 Å². The number of fused-ring (bicyclic) bond motifs is 2. The summed E-state index contributed by atoms with van der Waals surface area (Å²) >= 11 is 10.3. The molecule has 20 heavy (non-hydrogen) atoms. The van der Waals surface area contributed by atoms with Crippen molar-refractivity contribution < 1.29 is 9.18 Å². The number of likely N-dealkylation sites (tertiary alicyclic amines) is 1. The standard InChI is InChI=1S/C13H13BrClFN2OS/c14-11-2-1-10(4-12(11)16)20-18-7-8-3-9(18)6-17(8)13(19)5-15/h1-2,4,8-9H,3,5-7H2. The molecule has 2 aliphatic heterocycles. The van der Waals surface area contributed by atoms with Crippen LogP contribution in [-0.2, 0) is 4.79 Å². The largest absolute Gasteiger partial charge is 0.336 e. The topological polar surface area (TPSA) is 23.6 Å². The smallest absolute Gasteiger partial charge is 0.237 e. The quantitative estimate of drug-likeness (QED) is 0.595. The molecule has 0 radical (unpaired) electrons. The van der Waals surface area contributed by atoms with E-state index in [-0.39, 0.29) is 23.6 Å². The van der Waals surface area contributed by atoms with Crippen molar-refractivity contribution in [1.82, 2.24) is 9.21 Å². The molecule has 1 aromatic carbocycles. The maximum atomic E-state index is 13.5. The Kier molecular flexibility index (Phi) is 4.26. The third-order valence-electron chi connectivity index (χ3n) is 3.74. The maximum absolute atomic E-state index is 13.5. The number of halogens is 3. The average molecular weight is 380 g/mol. The van der Waals surface area contributed by atoms with Crippen LogP contribution in [0.15, 0.2) is 27.6 Å². The fourth-order valence-corrected chi connectivity index (χ4v) is 4.30. The highest BCUT2D eigenvalue weighted by Crippen LogP contribution is 2.38. The summed E-state index contributed by atoms with van der Waals surface area (Å²) in [6, 6.07) is 5.73. The molecule has 2 atom stereocenters. The highest BCUT2D eigenvalue weighted by atomic mass is 79.9. The van der Waals surface area contributed by atoms with E-state index in [4.69, 9.17) is 11.6 Å². The highest BCUT2D eigenvalue weighted by Gasteiger charge is 2.45. The monoisotopic (exact) mass is 378 g/mol. The number of benzene rings is 1. The Hall–Kier alpha value is -0.300. The summed E-state index contributed by atoms with van der Waals surface area (Å²) in [5, 5.41) is 0. The molecule has 3 rings (SSSR count). The predicted octanol–water partition coefficient (Wildman–Crippen LogP) is 3.12. The number of carbonyl (C=O) groups excluding carboxylic acids is 1. The predicted molar refractivity (Wildman–Crippen MR) is 81.3 cm³/mol. The van der Waals surface area contributed by atoms with Crippen LogP contribution in [0.1, 0.15) is 6.42 Å². The lowest BCUT2D eigenvalue weighted by Gasteiger charge is -2.33. The Labute approximate surface area is 134 Å². The Morgan fingerprint density at radius 1 is 1.45 bits per heavy atom. The molecule has 0 N–H and O–H groups in total. The number of alkyl halides is 1. The van der Waals surface area contributed by atoms with Crippen LogP contribution >= 0.6 is 39.5 Å². The van der Waals surface area contributed by atoms with Crippen molar-refractivity contribution >= 4 is 45.4 Å². The van der Waals surface area contributed by atoms with Crippen molar-refractivity contribution in [2.45, 2.75) is 23.4 Å². The van der Waals surface area contributed by atoms with Gasteiger partial charge in [0.15, 0.2) is 0 Å². The van der Waals surface area contributed by atoms with E-state index < -0.39 is 0 Å². The molecule has 0 spiro atoms. The Bertz CT molecular complexity index is 547. The van der Waals surface area contributed by atoms with Crippen LogP contribution in [0.4, 0.5) is 4.39 Å². The van der Waals surface area contributed by atoms with Gasteiger partial charge in [-0.1, -0.05) is 0 Å². The minimum Gasteiger partial charge on any atom is -0.336 e. The lowest BCUT2D eigenvalue weighted by Crippen LogP contribution is -2.46. The SMILES string of the molecule is O=C(CCl)N1CC2CC1CN2Sc1ccc(Br)c(F)c1. The van der Waals surface area contributed by atoms with Crippen molar-refractivity contribution in [2.24, 2.45) is 0 Å². The summed E-state index contributed by atoms with van der Waals surface area (Å²) in [6.45, 7) is 1.54. The van der Waals surface area contributed by atoms with Gasteiger partial charge in [0.2, 0.25) is 5.91 Å². The summed E-state index contributed by atoms with van der Waals surface area (Å²) < 4.78 is 16.2. The number of rotatable bonds is 3. The molecule has 2 aliphatic rings. The second kappa shape index (κ2) is 5.83. The van der Waals surface area contributed by atoms with Crippen LogP contribution in [-0.4, -0.2) is 46.2 Å². The second-order valence-electron chi connectivity index (χ2n) is 4.99. The van der Waals surface area contributed by atoms with E-state index in [0.717, 1.165) is 24.4 Å². The molecule has 7 heteroatoms. The highest BCUT2D eigenvalue weighted by molar-refractivity contribution is 9.10. The van der Waals surface area contributed by atoms with Crippen molar-refractivity contribution in [3.05, 3.63) is 28.5 Å². The van der Waals surface area contributed by atoms with E-state index >= 15 is 0 Å². The molecule has 2 unspecified atom stereocenters. The fourth-order valence-electron chi connectivity index (χ4n) is 2.79. The molecule has 0 saturated carbocycles. The van der Waals surface area contributed by atoms with Crippen molar-refractivity contribution in [2.75, 3.05) is 19.0 Å². The number of piperazine rings is 1. The normalized spacial score (nSPS) is 25.4. The van der Waals surface area contributed by atoms with Crippen LogP contribution in [0.2, 0.25) is 0 Å². The minimum absolute atomic E-state index is 0.0125. The van der Waals surface area contributed by atoms with Crippen molar-refractivity contribution in [1.29, 1.82) is 0 Å². The van der Waals surface area contributed by atoms with Crippen LogP contribution in [0, 0.1) is 5.82 Å². The first-order valence-electron chi connectivity index (χ1n) is 6.33. The lowest BCUT2D eigenvalue weighted by atomic mass is 10.2. The number of carbonyl (C=O) groups is 1. The van der Waals surface area contributed by atoms with Gasteiger partial charge in [-0.25, -0.2) is 8.70 Å². The van der Waals surface area contributed by atoms with Gasteiger partial charge in [-0.15, -0.1) is 11.6 Å². The van der Waals surface area contributed by atoms with E-state index in [0.29, 0.717) is 10.5 Å². The zero-order valence-corrected chi connectivity index (χ0v) is 13.7. The van der Waals surface area contributed by atoms with Crippen LogP contribution in [0.25, 0.3) is 0 Å². The number of hydrogen-bond acceptors (Lipinski definition) is 3. The van der Waals surface area contributed by atoms with Gasteiger partial charge in [0.25, 0.3) is 0 Å². The first kappa shape index (κ1) is 14.6. The summed E-state index contributed by atoms with van der Waals surface area (Å²) in [4.78, 5) is 14.4. The summed E-state index contributed by atoms with van der Waals surface area (Å²) in [7, 11) is 0. The van der Waals surface area contributed by atoms with Gasteiger partial charge in [-0.05, 0) is 52.5 Å². The average Bonchev–Trinajstić information content (AvgIpc) is 3.02. The van der Waals surface area contributed by atoms with Crippen LogP contribution in [0.5, 0.6) is 0 Å². The van der Waals surface area contributed by atoms with Gasteiger partial charge in [-0.3, -0.25) is 4.79 Å².